The van der Waals surface area contributed by atoms with Crippen LogP contribution in [-0.2, 0) is 10.0 Å². The van der Waals surface area contributed by atoms with Crippen LogP contribution in [0.3, 0.4) is 0 Å². The van der Waals surface area contributed by atoms with Crippen molar-refractivity contribution in [3.05, 3.63) is 76.6 Å². The van der Waals surface area contributed by atoms with Crippen molar-refractivity contribution in [3.8, 4) is 11.3 Å². The Balaban J connectivity index is 1.39. The van der Waals surface area contributed by atoms with Crippen LogP contribution >= 0.6 is 15.9 Å². The van der Waals surface area contributed by atoms with E-state index in [0.717, 1.165) is 27.1 Å². The minimum absolute atomic E-state index is 0.0327. The number of piperidine rings is 1. The topological polar surface area (TPSA) is 79.6 Å². The molecule has 176 valence electrons. The van der Waals surface area contributed by atoms with E-state index in [1.54, 1.807) is 10.7 Å². The van der Waals surface area contributed by atoms with Crippen LogP contribution < -0.4 is 5.32 Å². The molecule has 0 aliphatic carbocycles. The fraction of sp³-hybridized carbons (Fsp3) is 0.250. The highest BCUT2D eigenvalue weighted by Gasteiger charge is 2.31. The molecule has 1 aliphatic heterocycles. The summed E-state index contributed by atoms with van der Waals surface area (Å²) in [5.41, 5.74) is 3.68. The van der Waals surface area contributed by atoms with Gasteiger partial charge in [-0.15, -0.1) is 0 Å². The smallest absolute Gasteiger partial charge is 0.245 e. The molecule has 0 radical (unpaired) electrons. The largest absolute Gasteiger partial charge is 0.367 e. The number of aromatic nitrogens is 3. The Morgan fingerprint density at radius 1 is 1.09 bits per heavy atom. The van der Waals surface area contributed by atoms with Crippen LogP contribution in [0.2, 0.25) is 0 Å². The third-order valence-corrected chi connectivity index (χ3v) is 8.60. The molecule has 0 spiro atoms. The zero-order chi connectivity index (χ0) is 23.9. The van der Waals surface area contributed by atoms with Crippen LogP contribution in [0.4, 0.5) is 10.2 Å². The first kappa shape index (κ1) is 22.9. The van der Waals surface area contributed by atoms with E-state index in [4.69, 9.17) is 4.98 Å². The van der Waals surface area contributed by atoms with Crippen LogP contribution in [0, 0.1) is 12.7 Å². The van der Waals surface area contributed by atoms with Crippen molar-refractivity contribution >= 4 is 37.4 Å². The Labute approximate surface area is 205 Å². The van der Waals surface area contributed by atoms with Gasteiger partial charge in [-0.05, 0) is 53.4 Å². The maximum absolute atomic E-state index is 14.1. The van der Waals surface area contributed by atoms with E-state index in [0.29, 0.717) is 31.6 Å². The van der Waals surface area contributed by atoms with E-state index in [-0.39, 0.29) is 10.9 Å². The van der Waals surface area contributed by atoms with Crippen molar-refractivity contribution in [1.29, 1.82) is 0 Å². The van der Waals surface area contributed by atoms with Gasteiger partial charge in [-0.25, -0.2) is 17.8 Å². The molecule has 7 nitrogen and oxygen atoms in total. The first-order valence-electron chi connectivity index (χ1n) is 11.0. The van der Waals surface area contributed by atoms with E-state index < -0.39 is 15.8 Å². The number of aryl methyl sites for hydroxylation is 1. The standard InChI is InChI=1S/C24H23BrFN5O2S/c1-16-6-2-3-7-18(16)21-14-23(31-24(29-21)19(25)15-27-31)28-17-10-12-30(13-11-17)34(32,33)22-9-5-4-8-20(22)26/h2-9,14-15,17,28H,10-13H2,1H3. The number of hydrogen-bond acceptors (Lipinski definition) is 5. The van der Waals surface area contributed by atoms with Crippen molar-refractivity contribution in [1.82, 2.24) is 18.9 Å². The summed E-state index contributed by atoms with van der Waals surface area (Å²) in [5, 5.41) is 7.98. The molecule has 2 aromatic heterocycles. The Kier molecular flexibility index (Phi) is 6.13. The molecular formula is C24H23BrFN5O2S. The minimum atomic E-state index is -3.87. The van der Waals surface area contributed by atoms with Gasteiger partial charge < -0.3 is 5.32 Å². The Morgan fingerprint density at radius 2 is 1.79 bits per heavy atom. The molecule has 4 aromatic rings. The molecule has 0 bridgehead atoms. The lowest BCUT2D eigenvalue weighted by atomic mass is 10.0. The summed E-state index contributed by atoms with van der Waals surface area (Å²) in [4.78, 5) is 4.52. The van der Waals surface area contributed by atoms with E-state index in [1.807, 2.05) is 37.3 Å². The minimum Gasteiger partial charge on any atom is -0.367 e. The van der Waals surface area contributed by atoms with E-state index in [1.165, 1.54) is 28.6 Å². The molecule has 1 saturated heterocycles. The highest BCUT2D eigenvalue weighted by molar-refractivity contribution is 9.10. The molecule has 1 fully saturated rings. The lowest BCUT2D eigenvalue weighted by Gasteiger charge is -2.32. The average molecular weight is 544 g/mol. The number of hydrogen-bond donors (Lipinski definition) is 1. The summed E-state index contributed by atoms with van der Waals surface area (Å²) >= 11 is 3.53. The predicted octanol–water partition coefficient (Wildman–Crippen LogP) is 4.87. The normalized spacial score (nSPS) is 15.6. The zero-order valence-electron chi connectivity index (χ0n) is 18.4. The Morgan fingerprint density at radius 3 is 2.53 bits per heavy atom. The lowest BCUT2D eigenvalue weighted by molar-refractivity contribution is 0.328. The van der Waals surface area contributed by atoms with Crippen LogP contribution in [0.5, 0.6) is 0 Å². The van der Waals surface area contributed by atoms with Crippen molar-refractivity contribution in [2.75, 3.05) is 18.4 Å². The number of halogens is 2. The molecule has 1 aliphatic rings. The number of nitrogens with zero attached hydrogens (tertiary/aromatic N) is 4. The van der Waals surface area contributed by atoms with Crippen LogP contribution in [-0.4, -0.2) is 46.5 Å². The SMILES string of the molecule is Cc1ccccc1-c1cc(NC2CCN(S(=O)(=O)c3ccccc3F)CC2)n2ncc(Br)c2n1. The predicted molar refractivity (Wildman–Crippen MR) is 133 cm³/mol. The van der Waals surface area contributed by atoms with Crippen LogP contribution in [0.1, 0.15) is 18.4 Å². The lowest BCUT2D eigenvalue weighted by Crippen LogP contribution is -2.42. The van der Waals surface area contributed by atoms with E-state index in [2.05, 4.69) is 26.3 Å². The van der Waals surface area contributed by atoms with Gasteiger partial charge in [-0.3, -0.25) is 0 Å². The first-order chi connectivity index (χ1) is 16.3. The Bertz CT molecular complexity index is 1470. The molecule has 10 heteroatoms. The summed E-state index contributed by atoms with van der Waals surface area (Å²) < 4.78 is 43.9. The number of rotatable bonds is 5. The fourth-order valence-corrected chi connectivity index (χ4v) is 6.16. The first-order valence-corrected chi connectivity index (χ1v) is 13.2. The summed E-state index contributed by atoms with van der Waals surface area (Å²) in [6, 6.07) is 15.6. The fourth-order valence-electron chi connectivity index (χ4n) is 4.28. The molecule has 1 N–H and O–H groups in total. The summed E-state index contributed by atoms with van der Waals surface area (Å²) in [6.07, 6.45) is 2.87. The van der Waals surface area contributed by atoms with Gasteiger partial charge in [0.05, 0.1) is 16.4 Å². The second-order valence-corrected chi connectivity index (χ2v) is 11.1. The van der Waals surface area contributed by atoms with Crippen LogP contribution in [0.25, 0.3) is 16.9 Å². The van der Waals surface area contributed by atoms with Gasteiger partial charge in [0.2, 0.25) is 10.0 Å². The van der Waals surface area contributed by atoms with Gasteiger partial charge >= 0.3 is 0 Å². The zero-order valence-corrected chi connectivity index (χ0v) is 20.9. The highest BCUT2D eigenvalue weighted by Crippen LogP contribution is 2.29. The third kappa shape index (κ3) is 4.21. The maximum Gasteiger partial charge on any atom is 0.245 e. The molecule has 0 unspecified atom stereocenters. The van der Waals surface area contributed by atoms with Crippen molar-refractivity contribution in [2.45, 2.75) is 30.7 Å². The maximum atomic E-state index is 14.1. The van der Waals surface area contributed by atoms with Crippen LogP contribution in [0.15, 0.2) is 70.2 Å². The van der Waals surface area contributed by atoms with Crippen molar-refractivity contribution in [2.24, 2.45) is 0 Å². The molecule has 2 aromatic carbocycles. The van der Waals surface area contributed by atoms with Gasteiger partial charge in [0.15, 0.2) is 5.65 Å². The van der Waals surface area contributed by atoms with Gasteiger partial charge in [-0.1, -0.05) is 36.4 Å². The quantitative estimate of drug-likeness (QED) is 0.388. The van der Waals surface area contributed by atoms with Crippen molar-refractivity contribution in [3.63, 3.8) is 0 Å². The van der Waals surface area contributed by atoms with Crippen molar-refractivity contribution < 1.29 is 12.8 Å². The van der Waals surface area contributed by atoms with Gasteiger partial charge in [0.1, 0.15) is 16.5 Å². The summed E-state index contributed by atoms with van der Waals surface area (Å²) in [5.74, 6) is 0.0549. The molecule has 0 saturated carbocycles. The van der Waals surface area contributed by atoms with Gasteiger partial charge in [0, 0.05) is 30.8 Å². The average Bonchev–Trinajstić information content (AvgIpc) is 3.21. The number of benzene rings is 2. The monoisotopic (exact) mass is 543 g/mol. The number of nitrogens with one attached hydrogen (secondary N) is 1. The molecule has 0 amide bonds. The summed E-state index contributed by atoms with van der Waals surface area (Å²) in [6.45, 7) is 2.65. The van der Waals surface area contributed by atoms with Gasteiger partial charge in [0.25, 0.3) is 0 Å². The van der Waals surface area contributed by atoms with Gasteiger partial charge in [-0.2, -0.15) is 13.9 Å². The second kappa shape index (κ2) is 9.09. The number of sulfonamides is 1. The number of anilines is 1. The molecule has 34 heavy (non-hydrogen) atoms. The van der Waals surface area contributed by atoms with E-state index in [9.17, 15) is 12.8 Å². The highest BCUT2D eigenvalue weighted by atomic mass is 79.9. The molecule has 3 heterocycles. The molecular weight excluding hydrogens is 521 g/mol. The Hall–Kier alpha value is -2.82. The second-order valence-electron chi connectivity index (χ2n) is 8.32. The third-order valence-electron chi connectivity index (χ3n) is 6.11. The van der Waals surface area contributed by atoms with E-state index >= 15 is 0 Å². The molecule has 0 atom stereocenters. The molecule has 5 rings (SSSR count). The number of fused-ring (bicyclic) bond motifs is 1. The summed E-state index contributed by atoms with van der Waals surface area (Å²) in [7, 11) is -3.87.